The van der Waals surface area contributed by atoms with Gasteiger partial charge in [0.2, 0.25) is 0 Å². The molecule has 1 saturated heterocycles. The minimum absolute atomic E-state index is 0.413. The fourth-order valence-corrected chi connectivity index (χ4v) is 1.97. The van der Waals surface area contributed by atoms with Gasteiger partial charge in [-0.2, -0.15) is 0 Å². The van der Waals surface area contributed by atoms with Gasteiger partial charge in [-0.15, -0.1) is 0 Å². The standard InChI is InChI=1S/C13H19NO2/c15-13(11-4-2-1-3-5-11)10-14-12-6-8-16-9-7-12/h1-5,12-15H,6-10H2. The topological polar surface area (TPSA) is 41.5 Å². The molecule has 1 unspecified atom stereocenters. The first kappa shape index (κ1) is 11.6. The monoisotopic (exact) mass is 221 g/mol. The molecule has 16 heavy (non-hydrogen) atoms. The molecule has 1 aromatic rings. The molecular weight excluding hydrogens is 202 g/mol. The number of rotatable bonds is 4. The van der Waals surface area contributed by atoms with Crippen LogP contribution in [-0.2, 0) is 4.74 Å². The second kappa shape index (κ2) is 5.99. The van der Waals surface area contributed by atoms with Crippen molar-refractivity contribution in [2.75, 3.05) is 19.8 Å². The lowest BCUT2D eigenvalue weighted by atomic mass is 10.1. The molecule has 2 N–H and O–H groups in total. The molecule has 0 bridgehead atoms. The predicted octanol–water partition coefficient (Wildman–Crippen LogP) is 1.49. The van der Waals surface area contributed by atoms with E-state index in [9.17, 15) is 5.11 Å². The number of ether oxygens (including phenoxy) is 1. The smallest absolute Gasteiger partial charge is 0.0914 e. The molecule has 1 heterocycles. The molecule has 0 amide bonds. The quantitative estimate of drug-likeness (QED) is 0.809. The van der Waals surface area contributed by atoms with Gasteiger partial charge in [0, 0.05) is 25.8 Å². The van der Waals surface area contributed by atoms with Crippen LogP contribution in [-0.4, -0.2) is 30.9 Å². The maximum atomic E-state index is 9.96. The van der Waals surface area contributed by atoms with Gasteiger partial charge in [-0.3, -0.25) is 0 Å². The van der Waals surface area contributed by atoms with Crippen molar-refractivity contribution in [1.29, 1.82) is 0 Å². The van der Waals surface area contributed by atoms with Crippen molar-refractivity contribution in [1.82, 2.24) is 5.32 Å². The molecule has 88 valence electrons. The lowest BCUT2D eigenvalue weighted by Crippen LogP contribution is -2.37. The molecule has 1 aromatic carbocycles. The van der Waals surface area contributed by atoms with Gasteiger partial charge in [-0.05, 0) is 18.4 Å². The highest BCUT2D eigenvalue weighted by molar-refractivity contribution is 5.17. The van der Waals surface area contributed by atoms with E-state index >= 15 is 0 Å². The van der Waals surface area contributed by atoms with Crippen LogP contribution in [0.4, 0.5) is 0 Å². The molecule has 0 aromatic heterocycles. The fraction of sp³-hybridized carbons (Fsp3) is 0.538. The zero-order valence-corrected chi connectivity index (χ0v) is 9.43. The number of aliphatic hydroxyl groups excluding tert-OH is 1. The van der Waals surface area contributed by atoms with Gasteiger partial charge in [0.1, 0.15) is 0 Å². The Kier molecular flexibility index (Phi) is 4.34. The lowest BCUT2D eigenvalue weighted by molar-refractivity contribution is 0.0724. The van der Waals surface area contributed by atoms with Crippen LogP contribution in [0.25, 0.3) is 0 Å². The Balaban J connectivity index is 1.77. The molecule has 1 aliphatic rings. The highest BCUT2D eigenvalue weighted by Crippen LogP contribution is 2.12. The molecule has 0 saturated carbocycles. The molecule has 1 aliphatic heterocycles. The van der Waals surface area contributed by atoms with Gasteiger partial charge in [0.15, 0.2) is 0 Å². The summed E-state index contributed by atoms with van der Waals surface area (Å²) in [6.07, 6.45) is 1.67. The largest absolute Gasteiger partial charge is 0.387 e. The maximum absolute atomic E-state index is 9.96. The van der Waals surface area contributed by atoms with Crippen LogP contribution in [0.15, 0.2) is 30.3 Å². The summed E-state index contributed by atoms with van der Waals surface area (Å²) in [5, 5.41) is 13.3. The first-order valence-electron chi connectivity index (χ1n) is 5.90. The summed E-state index contributed by atoms with van der Waals surface area (Å²) in [4.78, 5) is 0. The van der Waals surface area contributed by atoms with Crippen molar-refractivity contribution in [3.63, 3.8) is 0 Å². The number of aliphatic hydroxyl groups is 1. The van der Waals surface area contributed by atoms with E-state index in [1.54, 1.807) is 0 Å². The maximum Gasteiger partial charge on any atom is 0.0914 e. The Labute approximate surface area is 96.4 Å². The molecule has 3 nitrogen and oxygen atoms in total. The van der Waals surface area contributed by atoms with Crippen LogP contribution in [0.2, 0.25) is 0 Å². The highest BCUT2D eigenvalue weighted by Gasteiger charge is 2.15. The van der Waals surface area contributed by atoms with Gasteiger partial charge >= 0.3 is 0 Å². The average Bonchev–Trinajstić information content (AvgIpc) is 2.38. The van der Waals surface area contributed by atoms with Crippen molar-refractivity contribution in [3.8, 4) is 0 Å². The van der Waals surface area contributed by atoms with Crippen molar-refractivity contribution < 1.29 is 9.84 Å². The van der Waals surface area contributed by atoms with Crippen molar-refractivity contribution >= 4 is 0 Å². The summed E-state index contributed by atoms with van der Waals surface area (Å²) in [6, 6.07) is 10.3. The van der Waals surface area contributed by atoms with Crippen LogP contribution < -0.4 is 5.32 Å². The number of benzene rings is 1. The second-order valence-electron chi connectivity index (χ2n) is 4.22. The van der Waals surface area contributed by atoms with E-state index in [1.807, 2.05) is 30.3 Å². The van der Waals surface area contributed by atoms with Crippen molar-refractivity contribution in [3.05, 3.63) is 35.9 Å². The Morgan fingerprint density at radius 2 is 1.94 bits per heavy atom. The summed E-state index contributed by atoms with van der Waals surface area (Å²) < 4.78 is 5.29. The average molecular weight is 221 g/mol. The Bertz CT molecular complexity index is 296. The van der Waals surface area contributed by atoms with E-state index < -0.39 is 6.10 Å². The minimum Gasteiger partial charge on any atom is -0.387 e. The summed E-state index contributed by atoms with van der Waals surface area (Å²) >= 11 is 0. The first-order valence-corrected chi connectivity index (χ1v) is 5.90. The molecule has 0 spiro atoms. The Hall–Kier alpha value is -0.900. The van der Waals surface area contributed by atoms with Gasteiger partial charge < -0.3 is 15.2 Å². The third-order valence-electron chi connectivity index (χ3n) is 3.01. The van der Waals surface area contributed by atoms with Crippen molar-refractivity contribution in [2.24, 2.45) is 0 Å². The van der Waals surface area contributed by atoms with E-state index in [0.717, 1.165) is 31.6 Å². The molecule has 0 radical (unpaired) electrons. The number of hydrogen-bond acceptors (Lipinski definition) is 3. The summed E-state index contributed by atoms with van der Waals surface area (Å²) in [5.41, 5.74) is 0.974. The van der Waals surface area contributed by atoms with E-state index in [0.29, 0.717) is 12.6 Å². The van der Waals surface area contributed by atoms with Crippen LogP contribution in [0.1, 0.15) is 24.5 Å². The molecular formula is C13H19NO2. The van der Waals surface area contributed by atoms with Gasteiger partial charge in [0.25, 0.3) is 0 Å². The summed E-state index contributed by atoms with van der Waals surface area (Å²) in [6.45, 7) is 2.28. The normalized spacial score (nSPS) is 19.6. The number of nitrogens with one attached hydrogen (secondary N) is 1. The third kappa shape index (κ3) is 3.30. The van der Waals surface area contributed by atoms with Crippen LogP contribution in [0, 0.1) is 0 Å². The lowest BCUT2D eigenvalue weighted by Gasteiger charge is -2.24. The molecule has 0 aliphatic carbocycles. The van der Waals surface area contributed by atoms with E-state index in [2.05, 4.69) is 5.32 Å². The van der Waals surface area contributed by atoms with E-state index in [1.165, 1.54) is 0 Å². The zero-order chi connectivity index (χ0) is 11.2. The van der Waals surface area contributed by atoms with Crippen LogP contribution >= 0.6 is 0 Å². The van der Waals surface area contributed by atoms with Gasteiger partial charge in [-0.25, -0.2) is 0 Å². The first-order chi connectivity index (χ1) is 7.86. The number of hydrogen-bond donors (Lipinski definition) is 2. The van der Waals surface area contributed by atoms with Gasteiger partial charge in [-0.1, -0.05) is 30.3 Å². The Morgan fingerprint density at radius 1 is 1.25 bits per heavy atom. The molecule has 1 atom stereocenters. The van der Waals surface area contributed by atoms with E-state index in [4.69, 9.17) is 4.74 Å². The second-order valence-corrected chi connectivity index (χ2v) is 4.22. The van der Waals surface area contributed by atoms with Crippen molar-refractivity contribution in [2.45, 2.75) is 25.0 Å². The molecule has 3 heteroatoms. The minimum atomic E-state index is -0.413. The van der Waals surface area contributed by atoms with Crippen LogP contribution in [0.3, 0.4) is 0 Å². The molecule has 1 fully saturated rings. The third-order valence-corrected chi connectivity index (χ3v) is 3.01. The highest BCUT2D eigenvalue weighted by atomic mass is 16.5. The van der Waals surface area contributed by atoms with Crippen LogP contribution in [0.5, 0.6) is 0 Å². The SMILES string of the molecule is OC(CNC1CCOCC1)c1ccccc1. The van der Waals surface area contributed by atoms with Gasteiger partial charge in [0.05, 0.1) is 6.10 Å². The fourth-order valence-electron chi connectivity index (χ4n) is 1.97. The Morgan fingerprint density at radius 3 is 2.62 bits per heavy atom. The summed E-state index contributed by atoms with van der Waals surface area (Å²) in [5.74, 6) is 0. The predicted molar refractivity (Wildman–Crippen MR) is 63.2 cm³/mol. The zero-order valence-electron chi connectivity index (χ0n) is 9.43. The van der Waals surface area contributed by atoms with E-state index in [-0.39, 0.29) is 0 Å². The summed E-state index contributed by atoms with van der Waals surface area (Å²) in [7, 11) is 0. The molecule has 2 rings (SSSR count).